The van der Waals surface area contributed by atoms with Crippen LogP contribution < -0.4 is 24.3 Å². The molecule has 39 heavy (non-hydrogen) atoms. The van der Waals surface area contributed by atoms with Crippen molar-refractivity contribution in [1.29, 1.82) is 0 Å². The lowest BCUT2D eigenvalue weighted by molar-refractivity contribution is -0.136. The Balaban J connectivity index is 0.00000533. The summed E-state index contributed by atoms with van der Waals surface area (Å²) in [6.45, 7) is 6.28. The maximum absolute atomic E-state index is 12.8. The number of halogens is 1. The minimum atomic E-state index is -0.864. The van der Waals surface area contributed by atoms with Crippen LogP contribution in [0, 0.1) is 0 Å². The van der Waals surface area contributed by atoms with Gasteiger partial charge < -0.3 is 29.4 Å². The van der Waals surface area contributed by atoms with Crippen molar-refractivity contribution < 1.29 is 33.6 Å². The van der Waals surface area contributed by atoms with Gasteiger partial charge >= 0.3 is 11.9 Å². The van der Waals surface area contributed by atoms with Gasteiger partial charge in [0, 0.05) is 12.1 Å². The van der Waals surface area contributed by atoms with Crippen LogP contribution in [-0.2, 0) is 22.4 Å². The zero-order chi connectivity index (χ0) is 27.7. The van der Waals surface area contributed by atoms with E-state index < -0.39 is 18.0 Å². The summed E-state index contributed by atoms with van der Waals surface area (Å²) in [4.78, 5) is 25.5. The molecule has 9 heteroatoms. The summed E-state index contributed by atoms with van der Waals surface area (Å²) < 4.78 is 21.5. The van der Waals surface area contributed by atoms with E-state index in [1.54, 1.807) is 68.8 Å². The number of rotatable bonds is 11. The molecule has 3 rings (SSSR count). The number of aliphatic hydroxyl groups excluding tert-OH is 1. The Morgan fingerprint density at radius 1 is 0.769 bits per heavy atom. The number of benzene rings is 3. The maximum Gasteiger partial charge on any atom is 0.315 e. The summed E-state index contributed by atoms with van der Waals surface area (Å²) in [5.74, 6) is 0.444. The Morgan fingerprint density at radius 3 is 1.67 bits per heavy atom. The van der Waals surface area contributed by atoms with Crippen LogP contribution in [0.5, 0.6) is 23.0 Å². The van der Waals surface area contributed by atoms with E-state index in [2.05, 4.69) is 5.32 Å². The highest BCUT2D eigenvalue weighted by molar-refractivity contribution is 5.85. The van der Waals surface area contributed by atoms with Gasteiger partial charge in [0.25, 0.3) is 0 Å². The highest BCUT2D eigenvalue weighted by Gasteiger charge is 2.19. The van der Waals surface area contributed by atoms with Crippen molar-refractivity contribution in [3.8, 4) is 23.0 Å². The van der Waals surface area contributed by atoms with Gasteiger partial charge in [-0.05, 0) is 73.9 Å². The molecule has 210 valence electrons. The molecule has 0 aromatic heterocycles. The Bertz CT molecular complexity index is 1220. The largest absolute Gasteiger partial charge is 0.497 e. The van der Waals surface area contributed by atoms with E-state index in [9.17, 15) is 14.7 Å². The van der Waals surface area contributed by atoms with Crippen LogP contribution in [0.25, 0.3) is 0 Å². The number of ether oxygens (including phenoxy) is 4. The third kappa shape index (κ3) is 10.2. The number of hydrogen-bond donors (Lipinski definition) is 2. The zero-order valence-electron chi connectivity index (χ0n) is 22.9. The number of esters is 2. The minimum absolute atomic E-state index is 0. The molecule has 0 saturated heterocycles. The number of aliphatic hydroxyl groups is 1. The lowest BCUT2D eigenvalue weighted by Gasteiger charge is -2.23. The Morgan fingerprint density at radius 2 is 1.23 bits per heavy atom. The average Bonchev–Trinajstić information content (AvgIpc) is 2.88. The summed E-state index contributed by atoms with van der Waals surface area (Å²) >= 11 is 0. The third-order valence-electron chi connectivity index (χ3n) is 5.64. The molecular weight excluding hydrogens is 522 g/mol. The van der Waals surface area contributed by atoms with Crippen LogP contribution in [0.3, 0.4) is 0 Å². The van der Waals surface area contributed by atoms with Crippen LogP contribution >= 0.6 is 12.4 Å². The van der Waals surface area contributed by atoms with E-state index in [1.165, 1.54) is 12.1 Å². The first kappa shape index (κ1) is 31.6. The molecule has 0 amide bonds. The fourth-order valence-corrected chi connectivity index (χ4v) is 3.55. The number of hydrogen-bond acceptors (Lipinski definition) is 8. The van der Waals surface area contributed by atoms with Gasteiger partial charge in [-0.15, -0.1) is 12.4 Å². The van der Waals surface area contributed by atoms with Crippen molar-refractivity contribution in [3.63, 3.8) is 0 Å². The Labute approximate surface area is 235 Å². The van der Waals surface area contributed by atoms with E-state index in [-0.39, 0.29) is 42.3 Å². The molecule has 0 aliphatic heterocycles. The predicted octanol–water partition coefficient (Wildman–Crippen LogP) is 4.84. The molecule has 1 unspecified atom stereocenters. The lowest BCUT2D eigenvalue weighted by Crippen LogP contribution is -2.38. The normalized spacial score (nSPS) is 11.6. The summed E-state index contributed by atoms with van der Waals surface area (Å²) in [6, 6.07) is 18.8. The van der Waals surface area contributed by atoms with Gasteiger partial charge in [0.15, 0.2) is 11.5 Å². The fraction of sp³-hybridized carbons (Fsp3) is 0.333. The Hall–Kier alpha value is -3.59. The molecule has 0 aliphatic rings. The fourth-order valence-electron chi connectivity index (χ4n) is 3.55. The second kappa shape index (κ2) is 14.5. The van der Waals surface area contributed by atoms with Gasteiger partial charge in [0.2, 0.25) is 0 Å². The Kier molecular flexibility index (Phi) is 11.8. The van der Waals surface area contributed by atoms with E-state index in [0.717, 1.165) is 11.1 Å². The third-order valence-corrected chi connectivity index (χ3v) is 5.64. The monoisotopic (exact) mass is 557 g/mol. The SMILES string of the molecule is COc1ccc(CC(=O)Oc2ccc(C(O)CNC(C)(C)C)cc2OC(=O)Cc2ccc(OC)cc2)cc1.Cl. The van der Waals surface area contributed by atoms with Crippen LogP contribution in [-0.4, -0.2) is 43.3 Å². The average molecular weight is 558 g/mol. The molecule has 0 spiro atoms. The topological polar surface area (TPSA) is 103 Å². The smallest absolute Gasteiger partial charge is 0.315 e. The van der Waals surface area contributed by atoms with Crippen LogP contribution in [0.1, 0.15) is 43.6 Å². The summed E-state index contributed by atoms with van der Waals surface area (Å²) in [5.41, 5.74) is 1.81. The molecule has 0 fully saturated rings. The van der Waals surface area contributed by atoms with E-state index in [0.29, 0.717) is 23.6 Å². The molecule has 2 N–H and O–H groups in total. The first-order chi connectivity index (χ1) is 18.1. The van der Waals surface area contributed by atoms with Crippen LogP contribution in [0.4, 0.5) is 0 Å². The number of carbonyl (C=O) groups excluding carboxylic acids is 2. The summed E-state index contributed by atoms with van der Waals surface area (Å²) in [5, 5.41) is 13.9. The first-order valence-corrected chi connectivity index (χ1v) is 12.3. The molecule has 0 radical (unpaired) electrons. The molecule has 1 atom stereocenters. The first-order valence-electron chi connectivity index (χ1n) is 12.3. The standard InChI is InChI=1S/C30H35NO7.ClH/c1-30(2,3)31-19-25(32)22-10-15-26(37-28(33)16-20-6-11-23(35-4)12-7-20)27(18-22)38-29(34)17-21-8-13-24(36-5)14-9-21;/h6-15,18,25,31-32H,16-17,19H2,1-5H3;1H. The summed E-state index contributed by atoms with van der Waals surface area (Å²) in [7, 11) is 3.14. The lowest BCUT2D eigenvalue weighted by atomic mass is 10.1. The molecule has 0 saturated carbocycles. The van der Waals surface area contributed by atoms with E-state index in [1.807, 2.05) is 20.8 Å². The van der Waals surface area contributed by atoms with Crippen molar-refractivity contribution in [1.82, 2.24) is 5.32 Å². The highest BCUT2D eigenvalue weighted by Crippen LogP contribution is 2.32. The van der Waals surface area contributed by atoms with Crippen molar-refractivity contribution in [2.75, 3.05) is 20.8 Å². The van der Waals surface area contributed by atoms with Gasteiger partial charge in [-0.25, -0.2) is 0 Å². The van der Waals surface area contributed by atoms with Crippen molar-refractivity contribution in [2.24, 2.45) is 0 Å². The molecule has 0 bridgehead atoms. The quantitative estimate of drug-likeness (QED) is 0.255. The number of carbonyl (C=O) groups is 2. The molecule has 3 aromatic carbocycles. The number of β-amino-alcohol motifs (C(OH)–C–C–N with tert-alkyl or cyclic N) is 1. The van der Waals surface area contributed by atoms with E-state index in [4.69, 9.17) is 18.9 Å². The predicted molar refractivity (Wildman–Crippen MR) is 151 cm³/mol. The maximum atomic E-state index is 12.8. The minimum Gasteiger partial charge on any atom is -0.497 e. The molecule has 3 aromatic rings. The van der Waals surface area contributed by atoms with Gasteiger partial charge in [-0.2, -0.15) is 0 Å². The molecular formula is C30H36ClNO7. The molecule has 0 heterocycles. The second-order valence-electron chi connectivity index (χ2n) is 9.85. The van der Waals surface area contributed by atoms with Gasteiger partial charge in [0.05, 0.1) is 33.2 Å². The van der Waals surface area contributed by atoms with Crippen LogP contribution in [0.2, 0.25) is 0 Å². The molecule has 8 nitrogen and oxygen atoms in total. The van der Waals surface area contributed by atoms with Crippen molar-refractivity contribution in [3.05, 3.63) is 83.4 Å². The molecule has 0 aliphatic carbocycles. The van der Waals surface area contributed by atoms with Gasteiger partial charge in [0.1, 0.15) is 11.5 Å². The van der Waals surface area contributed by atoms with Gasteiger partial charge in [-0.1, -0.05) is 30.3 Å². The second-order valence-corrected chi connectivity index (χ2v) is 9.85. The number of methoxy groups -OCH3 is 2. The summed E-state index contributed by atoms with van der Waals surface area (Å²) in [6.07, 6.45) is -0.845. The van der Waals surface area contributed by atoms with Gasteiger partial charge in [-0.3, -0.25) is 9.59 Å². The zero-order valence-corrected chi connectivity index (χ0v) is 23.7. The highest BCUT2D eigenvalue weighted by atomic mass is 35.5. The van der Waals surface area contributed by atoms with Crippen molar-refractivity contribution >= 4 is 24.3 Å². The number of nitrogens with one attached hydrogen (secondary N) is 1. The van der Waals surface area contributed by atoms with E-state index >= 15 is 0 Å². The van der Waals surface area contributed by atoms with Crippen LogP contribution in [0.15, 0.2) is 66.7 Å². The van der Waals surface area contributed by atoms with Crippen molar-refractivity contribution in [2.45, 2.75) is 45.3 Å².